The molecular weight excluding hydrogens is 606 g/mol. The number of carbonyl (C=O) groups excluding carboxylic acids is 4. The van der Waals surface area contributed by atoms with E-state index in [1.165, 1.54) is 4.57 Å². The summed E-state index contributed by atoms with van der Waals surface area (Å²) in [6.07, 6.45) is 2.44. The zero-order chi connectivity index (χ0) is 33.2. The Morgan fingerprint density at radius 3 is 2.37 bits per heavy atom. The third kappa shape index (κ3) is 5.80. The van der Waals surface area contributed by atoms with Crippen LogP contribution >= 0.6 is 0 Å². The molecule has 13 heteroatoms. The highest BCUT2D eigenvalue weighted by Gasteiger charge is 2.48. The molecule has 2 aromatic rings. The highest BCUT2D eigenvalue weighted by Crippen LogP contribution is 2.46. The standard InChI is InChI=1S/C33H47N5O7Si/c1-32(2,3)45-31(43)34-15-13-33(14-16-34)12-11-22-7-8-23-27-26(22)35(29(33)41)17-18-36(27)30(42)38(23)24-9-10-25(39)37(28(24)40)21-44-19-20-46(4,5)6/h7-8,24H,9-21H2,1-6H3. The number of hydrogen-bond acceptors (Lipinski definition) is 7. The van der Waals surface area contributed by atoms with E-state index >= 15 is 0 Å². The molecule has 2 fully saturated rings. The molecule has 4 amide bonds. The Kier molecular flexibility index (Phi) is 8.23. The third-order valence-corrected chi connectivity index (χ3v) is 11.7. The molecular formula is C33H47N5O7Si. The van der Waals surface area contributed by atoms with Crippen LogP contribution in [-0.2, 0) is 36.8 Å². The third-order valence-electron chi connectivity index (χ3n) is 9.95. The molecule has 1 unspecified atom stereocenters. The highest BCUT2D eigenvalue weighted by atomic mass is 28.3. The summed E-state index contributed by atoms with van der Waals surface area (Å²) in [6.45, 7) is 14.2. The molecule has 1 aromatic heterocycles. The van der Waals surface area contributed by atoms with E-state index in [1.807, 2.05) is 37.8 Å². The first kappa shape index (κ1) is 32.5. The number of amides is 4. The van der Waals surface area contributed by atoms with Crippen LogP contribution in [0.3, 0.4) is 0 Å². The molecule has 12 nitrogen and oxygen atoms in total. The first-order chi connectivity index (χ1) is 21.6. The van der Waals surface area contributed by atoms with Gasteiger partial charge in [-0.3, -0.25) is 28.4 Å². The number of rotatable bonds is 6. The van der Waals surface area contributed by atoms with Gasteiger partial charge in [-0.1, -0.05) is 25.7 Å². The van der Waals surface area contributed by atoms with Gasteiger partial charge in [-0.15, -0.1) is 0 Å². The predicted octanol–water partition coefficient (Wildman–Crippen LogP) is 4.12. The first-order valence-corrected chi connectivity index (χ1v) is 20.3. The quantitative estimate of drug-likeness (QED) is 0.261. The molecule has 0 aliphatic carbocycles. The van der Waals surface area contributed by atoms with Gasteiger partial charge in [-0.05, 0) is 70.5 Å². The Balaban J connectivity index is 1.27. The number of aryl methyl sites for hydroxylation is 1. The first-order valence-electron chi connectivity index (χ1n) is 16.6. The van der Waals surface area contributed by atoms with Gasteiger partial charge in [0.25, 0.3) is 5.91 Å². The summed E-state index contributed by atoms with van der Waals surface area (Å²) >= 11 is 0. The van der Waals surface area contributed by atoms with E-state index in [-0.39, 0.29) is 43.2 Å². The minimum Gasteiger partial charge on any atom is -0.444 e. The molecule has 4 aliphatic heterocycles. The summed E-state index contributed by atoms with van der Waals surface area (Å²) in [5, 5.41) is 0. The SMILES string of the molecule is CC(C)(C)OC(=O)N1CCC2(CCc3ccc4c5c3N(CCn5c(=O)n4C3CCC(=O)N(COCC[Si](C)(C)C)C3=O)C2=O)CC1. The van der Waals surface area contributed by atoms with Gasteiger partial charge in [0, 0.05) is 47.3 Å². The van der Waals surface area contributed by atoms with E-state index in [1.54, 1.807) is 9.47 Å². The molecule has 0 bridgehead atoms. The minimum absolute atomic E-state index is 0.0371. The maximum absolute atomic E-state index is 14.4. The van der Waals surface area contributed by atoms with Crippen LogP contribution in [0.4, 0.5) is 10.5 Å². The van der Waals surface area contributed by atoms with E-state index in [2.05, 4.69) is 19.6 Å². The number of imidazole rings is 1. The summed E-state index contributed by atoms with van der Waals surface area (Å²) < 4.78 is 14.6. The van der Waals surface area contributed by atoms with Gasteiger partial charge in [0.15, 0.2) is 0 Å². The lowest BCUT2D eigenvalue weighted by molar-refractivity contribution is -0.157. The van der Waals surface area contributed by atoms with Gasteiger partial charge < -0.3 is 19.3 Å². The average Bonchev–Trinajstić information content (AvgIpc) is 3.20. The molecule has 1 aromatic carbocycles. The molecule has 6 rings (SSSR count). The van der Waals surface area contributed by atoms with Crippen LogP contribution < -0.4 is 10.6 Å². The van der Waals surface area contributed by atoms with Gasteiger partial charge in [0.1, 0.15) is 18.4 Å². The van der Waals surface area contributed by atoms with Crippen LogP contribution in [0.15, 0.2) is 16.9 Å². The van der Waals surface area contributed by atoms with Crippen molar-refractivity contribution in [3.8, 4) is 0 Å². The number of ether oxygens (including phenoxy) is 2. The van der Waals surface area contributed by atoms with E-state index in [0.717, 1.165) is 22.2 Å². The average molecular weight is 654 g/mol. The number of hydrogen-bond donors (Lipinski definition) is 0. The second kappa shape index (κ2) is 11.7. The zero-order valence-electron chi connectivity index (χ0n) is 28.0. The molecule has 0 N–H and O–H groups in total. The van der Waals surface area contributed by atoms with E-state index < -0.39 is 31.0 Å². The zero-order valence-corrected chi connectivity index (χ0v) is 29.0. The predicted molar refractivity (Wildman–Crippen MR) is 175 cm³/mol. The van der Waals surface area contributed by atoms with Crippen molar-refractivity contribution in [2.45, 2.75) is 103 Å². The fourth-order valence-electron chi connectivity index (χ4n) is 7.33. The number of carbonyl (C=O) groups is 4. The second-order valence-electron chi connectivity index (χ2n) is 15.5. The van der Waals surface area contributed by atoms with Gasteiger partial charge in [-0.25, -0.2) is 9.59 Å². The normalized spacial score (nSPS) is 21.7. The molecule has 250 valence electrons. The van der Waals surface area contributed by atoms with Crippen molar-refractivity contribution in [3.05, 3.63) is 28.2 Å². The number of benzene rings is 1. The summed E-state index contributed by atoms with van der Waals surface area (Å²) in [5.74, 6) is -0.678. The Hall–Kier alpha value is -3.45. The van der Waals surface area contributed by atoms with Crippen molar-refractivity contribution in [3.63, 3.8) is 0 Å². The molecule has 0 saturated carbocycles. The minimum atomic E-state index is -1.34. The van der Waals surface area contributed by atoms with Crippen molar-refractivity contribution < 1.29 is 28.7 Å². The van der Waals surface area contributed by atoms with Gasteiger partial charge in [-0.2, -0.15) is 0 Å². The summed E-state index contributed by atoms with van der Waals surface area (Å²) in [5.41, 5.74) is 1.53. The van der Waals surface area contributed by atoms with Crippen molar-refractivity contribution in [2.24, 2.45) is 5.41 Å². The summed E-state index contributed by atoms with van der Waals surface area (Å²) in [6, 6.07) is 3.96. The number of anilines is 1. The van der Waals surface area contributed by atoms with Crippen LogP contribution in [0.1, 0.15) is 64.5 Å². The smallest absolute Gasteiger partial charge is 0.410 e. The van der Waals surface area contributed by atoms with Crippen molar-refractivity contribution in [2.75, 3.05) is 37.9 Å². The van der Waals surface area contributed by atoms with Crippen molar-refractivity contribution in [1.82, 2.24) is 18.9 Å². The molecule has 46 heavy (non-hydrogen) atoms. The summed E-state index contributed by atoms with van der Waals surface area (Å²) in [4.78, 5) is 72.3. The molecule has 5 heterocycles. The molecule has 1 atom stereocenters. The number of nitrogens with zero attached hydrogens (tertiary/aromatic N) is 5. The number of likely N-dealkylation sites (tertiary alicyclic amines) is 2. The Morgan fingerprint density at radius 1 is 0.978 bits per heavy atom. The van der Waals surface area contributed by atoms with Crippen molar-refractivity contribution in [1.29, 1.82) is 0 Å². The van der Waals surface area contributed by atoms with Crippen LogP contribution in [0, 0.1) is 5.41 Å². The maximum atomic E-state index is 14.4. The van der Waals surface area contributed by atoms with Gasteiger partial charge in [0.2, 0.25) is 11.8 Å². The molecule has 4 aliphatic rings. The number of imide groups is 1. The lowest BCUT2D eigenvalue weighted by atomic mass is 9.74. The lowest BCUT2D eigenvalue weighted by Gasteiger charge is -2.42. The highest BCUT2D eigenvalue weighted by molar-refractivity contribution is 6.76. The van der Waals surface area contributed by atoms with E-state index in [9.17, 15) is 24.0 Å². The topological polar surface area (TPSA) is 123 Å². The largest absolute Gasteiger partial charge is 0.444 e. The number of aromatic nitrogens is 2. The Labute approximate surface area is 270 Å². The van der Waals surface area contributed by atoms with E-state index in [0.29, 0.717) is 69.5 Å². The molecule has 1 spiro atoms. The monoisotopic (exact) mass is 653 g/mol. The Morgan fingerprint density at radius 2 is 1.70 bits per heavy atom. The van der Waals surface area contributed by atoms with Crippen LogP contribution in [0.25, 0.3) is 11.0 Å². The van der Waals surface area contributed by atoms with Gasteiger partial charge >= 0.3 is 11.8 Å². The fraction of sp³-hybridized carbons (Fsp3) is 0.667. The fourth-order valence-corrected chi connectivity index (χ4v) is 8.09. The maximum Gasteiger partial charge on any atom is 0.410 e. The van der Waals surface area contributed by atoms with Crippen LogP contribution in [-0.4, -0.2) is 89.4 Å². The summed E-state index contributed by atoms with van der Waals surface area (Å²) in [7, 11) is -1.34. The Bertz CT molecular complexity index is 1640. The molecule has 0 radical (unpaired) electrons. The van der Waals surface area contributed by atoms with Gasteiger partial charge in [0.05, 0.1) is 22.1 Å². The number of piperidine rings is 2. The second-order valence-corrected chi connectivity index (χ2v) is 21.1. The molecule has 2 saturated heterocycles. The van der Waals surface area contributed by atoms with E-state index in [4.69, 9.17) is 9.47 Å². The van der Waals surface area contributed by atoms with Crippen LogP contribution in [0.2, 0.25) is 25.7 Å². The lowest BCUT2D eigenvalue weighted by Crippen LogP contribution is -2.53. The van der Waals surface area contributed by atoms with Crippen LogP contribution in [0.5, 0.6) is 0 Å². The van der Waals surface area contributed by atoms with Crippen molar-refractivity contribution >= 4 is 48.6 Å².